The van der Waals surface area contributed by atoms with Crippen molar-refractivity contribution in [2.24, 2.45) is 0 Å². The zero-order valence-electron chi connectivity index (χ0n) is 13.7. The summed E-state index contributed by atoms with van der Waals surface area (Å²) in [5, 5.41) is 0.829. The molecule has 0 aliphatic heterocycles. The van der Waals surface area contributed by atoms with E-state index in [9.17, 15) is 14.0 Å². The van der Waals surface area contributed by atoms with E-state index in [0.717, 1.165) is 20.1 Å². The Morgan fingerprint density at radius 2 is 1.59 bits per heavy atom. The van der Waals surface area contributed by atoms with Crippen molar-refractivity contribution in [3.8, 4) is 9.88 Å². The van der Waals surface area contributed by atoms with E-state index in [0.29, 0.717) is 4.88 Å². The number of nitrogens with zero attached hydrogens (tertiary/aromatic N) is 1. The first kappa shape index (κ1) is 17.3. The number of benzene rings is 2. The molecule has 0 aliphatic carbocycles. The smallest absolute Gasteiger partial charge is 0.267 e. The predicted octanol–water partition coefficient (Wildman–Crippen LogP) is 4.24. The molecule has 27 heavy (non-hydrogen) atoms. The van der Waals surface area contributed by atoms with Crippen LogP contribution in [0.4, 0.5) is 4.39 Å². The second-order valence-electron chi connectivity index (χ2n) is 5.54. The molecular weight excluding hydrogens is 385 g/mol. The SMILES string of the molecule is O=C(NNC(=O)c1ccccc1F)c1ccc(-c2nc3ccccc3s2)s1. The van der Waals surface area contributed by atoms with Gasteiger partial charge in [0.05, 0.1) is 25.5 Å². The molecule has 0 bridgehead atoms. The molecular formula is C19H12FN3O2S2. The van der Waals surface area contributed by atoms with Gasteiger partial charge in [0.15, 0.2) is 0 Å². The summed E-state index contributed by atoms with van der Waals surface area (Å²) in [7, 11) is 0. The molecule has 0 saturated carbocycles. The predicted molar refractivity (Wildman–Crippen MR) is 104 cm³/mol. The van der Waals surface area contributed by atoms with Gasteiger partial charge in [-0.15, -0.1) is 22.7 Å². The molecule has 134 valence electrons. The van der Waals surface area contributed by atoms with Gasteiger partial charge in [0.2, 0.25) is 0 Å². The molecule has 0 atom stereocenters. The number of aromatic nitrogens is 1. The Balaban J connectivity index is 1.46. The normalized spacial score (nSPS) is 10.7. The van der Waals surface area contributed by atoms with Gasteiger partial charge in [-0.05, 0) is 36.4 Å². The van der Waals surface area contributed by atoms with E-state index in [1.54, 1.807) is 23.5 Å². The van der Waals surface area contributed by atoms with Gasteiger partial charge in [0.1, 0.15) is 10.8 Å². The lowest BCUT2D eigenvalue weighted by Gasteiger charge is -2.06. The average Bonchev–Trinajstić information content (AvgIpc) is 3.33. The number of nitrogens with one attached hydrogen (secondary N) is 2. The molecule has 2 amide bonds. The average molecular weight is 397 g/mol. The molecule has 4 aromatic rings. The second-order valence-corrected chi connectivity index (χ2v) is 7.65. The fraction of sp³-hybridized carbons (Fsp3) is 0. The van der Waals surface area contributed by atoms with Crippen LogP contribution in [-0.2, 0) is 0 Å². The Hall–Kier alpha value is -3.10. The van der Waals surface area contributed by atoms with Crippen LogP contribution >= 0.6 is 22.7 Å². The Bertz CT molecular complexity index is 1120. The minimum absolute atomic E-state index is 0.140. The number of thiophene rings is 1. The Labute approximate surface area is 161 Å². The number of thiazole rings is 1. The largest absolute Gasteiger partial charge is 0.279 e. The molecule has 0 fully saturated rings. The minimum atomic E-state index is -0.718. The molecule has 8 heteroatoms. The summed E-state index contributed by atoms with van der Waals surface area (Å²) in [5.74, 6) is -1.85. The van der Waals surface area contributed by atoms with E-state index in [2.05, 4.69) is 15.8 Å². The van der Waals surface area contributed by atoms with Crippen LogP contribution in [-0.4, -0.2) is 16.8 Å². The second kappa shape index (κ2) is 7.26. The number of hydrogen-bond acceptors (Lipinski definition) is 5. The van der Waals surface area contributed by atoms with Crippen LogP contribution in [0.5, 0.6) is 0 Å². The highest BCUT2D eigenvalue weighted by atomic mass is 32.1. The number of carbonyl (C=O) groups is 2. The van der Waals surface area contributed by atoms with Crippen LogP contribution in [0.1, 0.15) is 20.0 Å². The Morgan fingerprint density at radius 1 is 0.852 bits per heavy atom. The van der Waals surface area contributed by atoms with E-state index in [1.807, 2.05) is 30.3 Å². The maximum atomic E-state index is 13.6. The van der Waals surface area contributed by atoms with E-state index in [-0.39, 0.29) is 5.56 Å². The highest BCUT2D eigenvalue weighted by molar-refractivity contribution is 7.26. The zero-order valence-corrected chi connectivity index (χ0v) is 15.4. The molecule has 4 rings (SSSR count). The molecule has 2 N–H and O–H groups in total. The zero-order chi connectivity index (χ0) is 18.8. The molecule has 0 aliphatic rings. The van der Waals surface area contributed by atoms with Gasteiger partial charge in [-0.2, -0.15) is 0 Å². The Morgan fingerprint density at radius 3 is 2.41 bits per heavy atom. The van der Waals surface area contributed by atoms with Crippen LogP contribution in [0.3, 0.4) is 0 Å². The molecule has 5 nitrogen and oxygen atoms in total. The number of fused-ring (bicyclic) bond motifs is 1. The summed E-state index contributed by atoms with van der Waals surface area (Å²) in [6.07, 6.45) is 0. The summed E-state index contributed by atoms with van der Waals surface area (Å²) in [4.78, 5) is 30.1. The van der Waals surface area contributed by atoms with Crippen molar-refractivity contribution >= 4 is 44.7 Å². The van der Waals surface area contributed by atoms with Gasteiger partial charge in [0, 0.05) is 0 Å². The molecule has 0 saturated heterocycles. The highest BCUT2D eigenvalue weighted by Gasteiger charge is 2.15. The van der Waals surface area contributed by atoms with Crippen molar-refractivity contribution in [3.05, 3.63) is 76.9 Å². The van der Waals surface area contributed by atoms with Gasteiger partial charge in [-0.3, -0.25) is 20.4 Å². The van der Waals surface area contributed by atoms with E-state index in [1.165, 1.54) is 29.5 Å². The number of halogens is 1. The third-order valence-electron chi connectivity index (χ3n) is 3.74. The van der Waals surface area contributed by atoms with Crippen molar-refractivity contribution in [2.75, 3.05) is 0 Å². The molecule has 2 aromatic heterocycles. The van der Waals surface area contributed by atoms with Gasteiger partial charge in [-0.25, -0.2) is 9.37 Å². The lowest BCUT2D eigenvalue weighted by Crippen LogP contribution is -2.41. The highest BCUT2D eigenvalue weighted by Crippen LogP contribution is 2.34. The van der Waals surface area contributed by atoms with Gasteiger partial charge >= 0.3 is 0 Å². The number of hydrazine groups is 1. The van der Waals surface area contributed by atoms with Crippen LogP contribution in [0.15, 0.2) is 60.7 Å². The third-order valence-corrected chi connectivity index (χ3v) is 6.03. The van der Waals surface area contributed by atoms with Crippen molar-refractivity contribution < 1.29 is 14.0 Å². The van der Waals surface area contributed by atoms with E-state index in [4.69, 9.17) is 0 Å². The van der Waals surface area contributed by atoms with E-state index < -0.39 is 17.6 Å². The van der Waals surface area contributed by atoms with Crippen LogP contribution in [0.2, 0.25) is 0 Å². The van der Waals surface area contributed by atoms with Gasteiger partial charge in [0.25, 0.3) is 11.8 Å². The maximum absolute atomic E-state index is 13.6. The number of carbonyl (C=O) groups excluding carboxylic acids is 2. The van der Waals surface area contributed by atoms with Crippen molar-refractivity contribution in [2.45, 2.75) is 0 Å². The molecule has 2 aromatic carbocycles. The summed E-state index contributed by atoms with van der Waals surface area (Å²) in [5.41, 5.74) is 5.30. The van der Waals surface area contributed by atoms with Crippen molar-refractivity contribution in [1.29, 1.82) is 0 Å². The van der Waals surface area contributed by atoms with Crippen LogP contribution in [0.25, 0.3) is 20.1 Å². The van der Waals surface area contributed by atoms with Gasteiger partial charge < -0.3 is 0 Å². The number of amides is 2. The quantitative estimate of drug-likeness (QED) is 0.508. The first-order chi connectivity index (χ1) is 13.1. The Kier molecular flexibility index (Phi) is 4.66. The van der Waals surface area contributed by atoms with Gasteiger partial charge in [-0.1, -0.05) is 24.3 Å². The monoisotopic (exact) mass is 397 g/mol. The number of hydrogen-bond donors (Lipinski definition) is 2. The first-order valence-electron chi connectivity index (χ1n) is 7.93. The first-order valence-corrected chi connectivity index (χ1v) is 9.56. The lowest BCUT2D eigenvalue weighted by molar-refractivity contribution is 0.0846. The standard InChI is InChI=1S/C19H12FN3O2S2/c20-12-6-2-1-5-11(12)17(24)22-23-18(25)15-9-10-16(26-15)19-21-13-7-3-4-8-14(13)27-19/h1-10H,(H,22,24)(H,23,25). The number of rotatable bonds is 3. The van der Waals surface area contributed by atoms with E-state index >= 15 is 0 Å². The third kappa shape index (κ3) is 3.57. The molecule has 0 radical (unpaired) electrons. The molecule has 2 heterocycles. The maximum Gasteiger partial charge on any atom is 0.279 e. The summed E-state index contributed by atoms with van der Waals surface area (Å²) in [6, 6.07) is 16.8. The molecule has 0 spiro atoms. The number of para-hydroxylation sites is 1. The van der Waals surface area contributed by atoms with Crippen molar-refractivity contribution in [1.82, 2.24) is 15.8 Å². The fourth-order valence-electron chi connectivity index (χ4n) is 2.44. The summed E-state index contributed by atoms with van der Waals surface area (Å²) < 4.78 is 14.7. The fourth-order valence-corrected chi connectivity index (χ4v) is 4.36. The minimum Gasteiger partial charge on any atom is -0.267 e. The van der Waals surface area contributed by atoms with Crippen molar-refractivity contribution in [3.63, 3.8) is 0 Å². The lowest BCUT2D eigenvalue weighted by atomic mass is 10.2. The topological polar surface area (TPSA) is 71.1 Å². The molecule has 0 unspecified atom stereocenters. The van der Waals surface area contributed by atoms with Crippen LogP contribution in [0, 0.1) is 5.82 Å². The summed E-state index contributed by atoms with van der Waals surface area (Å²) in [6.45, 7) is 0. The van der Waals surface area contributed by atoms with Crippen LogP contribution < -0.4 is 10.9 Å². The summed E-state index contributed by atoms with van der Waals surface area (Å²) >= 11 is 2.82.